The van der Waals surface area contributed by atoms with E-state index in [1.165, 1.54) is 6.08 Å². The average molecular weight is 226 g/mol. The fourth-order valence-electron chi connectivity index (χ4n) is 0.942. The van der Waals surface area contributed by atoms with Gasteiger partial charge in [-0.3, -0.25) is 0 Å². The van der Waals surface area contributed by atoms with Crippen molar-refractivity contribution in [3.63, 3.8) is 0 Å². The lowest BCUT2D eigenvalue weighted by Gasteiger charge is -2.00. The van der Waals surface area contributed by atoms with E-state index in [9.17, 15) is 4.79 Å². The first kappa shape index (κ1) is 9.17. The van der Waals surface area contributed by atoms with Gasteiger partial charge in [0, 0.05) is 4.47 Å². The third-order valence-electron chi connectivity index (χ3n) is 1.52. The van der Waals surface area contributed by atoms with E-state index in [1.54, 1.807) is 0 Å². The van der Waals surface area contributed by atoms with Crippen LogP contribution in [-0.2, 0) is 11.3 Å². The largest absolute Gasteiger partial charge is 0.235 e. The smallest absolute Gasteiger partial charge is 0.211 e. The average Bonchev–Trinajstić information content (AvgIpc) is 2.07. The van der Waals surface area contributed by atoms with Gasteiger partial charge in [-0.1, -0.05) is 33.6 Å². The number of nitrogens with zero attached hydrogens (tertiary/aromatic N) is 1. The third-order valence-corrected chi connectivity index (χ3v) is 2.29. The molecule has 3 heteroatoms. The molecule has 0 spiro atoms. The maximum absolute atomic E-state index is 9.87. The Morgan fingerprint density at radius 2 is 2.33 bits per heavy atom. The standard InChI is InChI=1S/C9H8BrNO/c1-7-2-3-9(10)8(4-7)5-11-6-12/h2-4H,5H2,1H3. The molecule has 0 aliphatic heterocycles. The number of hydrogen-bond acceptors (Lipinski definition) is 2. The molecule has 0 aliphatic rings. The second kappa shape index (κ2) is 4.19. The van der Waals surface area contributed by atoms with Crippen LogP contribution in [0.4, 0.5) is 0 Å². The van der Waals surface area contributed by atoms with Crippen molar-refractivity contribution >= 4 is 22.0 Å². The quantitative estimate of drug-likeness (QED) is 0.562. The Labute approximate surface area is 79.5 Å². The number of benzene rings is 1. The zero-order valence-electron chi connectivity index (χ0n) is 6.67. The molecule has 0 aliphatic carbocycles. The normalized spacial score (nSPS) is 9.17. The molecule has 0 radical (unpaired) electrons. The molecule has 0 heterocycles. The molecule has 1 aromatic carbocycles. The fourth-order valence-corrected chi connectivity index (χ4v) is 1.31. The molecule has 1 rings (SSSR count). The number of carbonyl (C=O) groups excluding carboxylic acids is 1. The van der Waals surface area contributed by atoms with Crippen molar-refractivity contribution < 1.29 is 4.79 Å². The molecule has 0 N–H and O–H groups in total. The van der Waals surface area contributed by atoms with Crippen molar-refractivity contribution in [2.24, 2.45) is 4.99 Å². The van der Waals surface area contributed by atoms with Crippen LogP contribution in [0.15, 0.2) is 27.7 Å². The Kier molecular flexibility index (Phi) is 3.20. The lowest BCUT2D eigenvalue weighted by molar-refractivity contribution is 0.562. The van der Waals surface area contributed by atoms with Crippen LogP contribution < -0.4 is 0 Å². The van der Waals surface area contributed by atoms with Crippen molar-refractivity contribution in [1.29, 1.82) is 0 Å². The Morgan fingerprint density at radius 1 is 1.58 bits per heavy atom. The summed E-state index contributed by atoms with van der Waals surface area (Å²) in [5.41, 5.74) is 2.17. The zero-order valence-corrected chi connectivity index (χ0v) is 8.26. The summed E-state index contributed by atoms with van der Waals surface area (Å²) < 4.78 is 0.979. The Morgan fingerprint density at radius 3 is 3.00 bits per heavy atom. The van der Waals surface area contributed by atoms with Gasteiger partial charge in [-0.2, -0.15) is 0 Å². The van der Waals surface area contributed by atoms with E-state index >= 15 is 0 Å². The maximum atomic E-state index is 9.87. The molecular formula is C9H8BrNO. The molecule has 0 unspecified atom stereocenters. The summed E-state index contributed by atoms with van der Waals surface area (Å²) >= 11 is 3.37. The molecule has 0 amide bonds. The maximum Gasteiger partial charge on any atom is 0.235 e. The summed E-state index contributed by atoms with van der Waals surface area (Å²) in [5.74, 6) is 0. The van der Waals surface area contributed by atoms with Gasteiger partial charge in [0.05, 0.1) is 6.54 Å². The van der Waals surface area contributed by atoms with Gasteiger partial charge in [-0.05, 0) is 18.6 Å². The molecule has 62 valence electrons. The van der Waals surface area contributed by atoms with E-state index in [1.807, 2.05) is 25.1 Å². The molecule has 0 aromatic heterocycles. The van der Waals surface area contributed by atoms with Crippen molar-refractivity contribution in [2.45, 2.75) is 13.5 Å². The fraction of sp³-hybridized carbons (Fsp3) is 0.222. The molecular weight excluding hydrogens is 218 g/mol. The van der Waals surface area contributed by atoms with Gasteiger partial charge in [0.2, 0.25) is 6.08 Å². The van der Waals surface area contributed by atoms with Crippen LogP contribution in [0.3, 0.4) is 0 Å². The summed E-state index contributed by atoms with van der Waals surface area (Å²) in [6, 6.07) is 5.94. The molecule has 0 fully saturated rings. The van der Waals surface area contributed by atoms with Crippen molar-refractivity contribution in [1.82, 2.24) is 0 Å². The van der Waals surface area contributed by atoms with Gasteiger partial charge in [0.15, 0.2) is 0 Å². The van der Waals surface area contributed by atoms with E-state index in [0.717, 1.165) is 15.6 Å². The first-order chi connectivity index (χ1) is 5.74. The molecule has 0 saturated heterocycles. The van der Waals surface area contributed by atoms with E-state index in [4.69, 9.17) is 0 Å². The number of hydrogen-bond donors (Lipinski definition) is 0. The topological polar surface area (TPSA) is 29.4 Å². The SMILES string of the molecule is Cc1ccc(Br)c(CN=C=O)c1. The summed E-state index contributed by atoms with van der Waals surface area (Å²) in [5, 5.41) is 0. The summed E-state index contributed by atoms with van der Waals surface area (Å²) in [6.45, 7) is 2.40. The minimum Gasteiger partial charge on any atom is -0.211 e. The van der Waals surface area contributed by atoms with Gasteiger partial charge in [-0.15, -0.1) is 0 Å². The van der Waals surface area contributed by atoms with Crippen molar-refractivity contribution in [3.8, 4) is 0 Å². The molecule has 0 atom stereocenters. The van der Waals surface area contributed by atoms with Crippen LogP contribution in [0, 0.1) is 6.92 Å². The van der Waals surface area contributed by atoms with Crippen LogP contribution >= 0.6 is 15.9 Å². The first-order valence-corrected chi connectivity index (χ1v) is 4.32. The lowest BCUT2D eigenvalue weighted by Crippen LogP contribution is -1.84. The second-order valence-electron chi connectivity index (χ2n) is 2.50. The van der Waals surface area contributed by atoms with Gasteiger partial charge < -0.3 is 0 Å². The van der Waals surface area contributed by atoms with E-state index < -0.39 is 0 Å². The number of halogens is 1. The summed E-state index contributed by atoms with van der Waals surface area (Å²) in [4.78, 5) is 13.4. The zero-order chi connectivity index (χ0) is 8.97. The van der Waals surface area contributed by atoms with E-state index in [0.29, 0.717) is 6.54 Å². The number of aliphatic imine (C=N–C) groups is 1. The van der Waals surface area contributed by atoms with Gasteiger partial charge in [0.25, 0.3) is 0 Å². The Hall–Kier alpha value is -0.920. The molecule has 12 heavy (non-hydrogen) atoms. The minimum atomic E-state index is 0.395. The Bertz CT molecular complexity index is 329. The Balaban J connectivity index is 2.96. The highest BCUT2D eigenvalue weighted by Crippen LogP contribution is 2.18. The molecule has 1 aromatic rings. The van der Waals surface area contributed by atoms with Crippen LogP contribution in [-0.4, -0.2) is 6.08 Å². The predicted molar refractivity (Wildman–Crippen MR) is 50.7 cm³/mol. The second-order valence-corrected chi connectivity index (χ2v) is 3.36. The first-order valence-electron chi connectivity index (χ1n) is 3.52. The van der Waals surface area contributed by atoms with Crippen molar-refractivity contribution in [3.05, 3.63) is 33.8 Å². The summed E-state index contributed by atoms with van der Waals surface area (Å²) in [6.07, 6.45) is 1.52. The summed E-state index contributed by atoms with van der Waals surface area (Å²) in [7, 11) is 0. The van der Waals surface area contributed by atoms with Crippen LogP contribution in [0.2, 0.25) is 0 Å². The highest BCUT2D eigenvalue weighted by molar-refractivity contribution is 9.10. The molecule has 0 bridgehead atoms. The van der Waals surface area contributed by atoms with E-state index in [-0.39, 0.29) is 0 Å². The monoisotopic (exact) mass is 225 g/mol. The van der Waals surface area contributed by atoms with E-state index in [2.05, 4.69) is 20.9 Å². The lowest BCUT2D eigenvalue weighted by atomic mass is 10.1. The van der Waals surface area contributed by atoms with Gasteiger partial charge >= 0.3 is 0 Å². The number of rotatable bonds is 2. The number of aryl methyl sites for hydroxylation is 1. The van der Waals surface area contributed by atoms with Gasteiger partial charge in [0.1, 0.15) is 0 Å². The minimum absolute atomic E-state index is 0.395. The molecule has 2 nitrogen and oxygen atoms in total. The molecule has 0 saturated carbocycles. The van der Waals surface area contributed by atoms with Crippen LogP contribution in [0.25, 0.3) is 0 Å². The van der Waals surface area contributed by atoms with Gasteiger partial charge in [-0.25, -0.2) is 9.79 Å². The van der Waals surface area contributed by atoms with Crippen molar-refractivity contribution in [2.75, 3.05) is 0 Å². The highest BCUT2D eigenvalue weighted by Gasteiger charge is 1.97. The third kappa shape index (κ3) is 2.29. The highest BCUT2D eigenvalue weighted by atomic mass is 79.9. The predicted octanol–water partition coefficient (Wildman–Crippen LogP) is 2.59. The van der Waals surface area contributed by atoms with Crippen LogP contribution in [0.5, 0.6) is 0 Å². The van der Waals surface area contributed by atoms with Crippen LogP contribution in [0.1, 0.15) is 11.1 Å². The number of isocyanates is 1.